The van der Waals surface area contributed by atoms with E-state index in [1.54, 1.807) is 24.3 Å². The molecule has 7 nitrogen and oxygen atoms in total. The molecule has 10 heteroatoms. The Morgan fingerprint density at radius 2 is 1.44 bits per heavy atom. The second kappa shape index (κ2) is 15.0. The number of methoxy groups -OCH3 is 3. The smallest absolute Gasteiger partial charge is 0.341 e. The van der Waals surface area contributed by atoms with Gasteiger partial charge in [-0.2, -0.15) is 10.2 Å². The molecule has 2 aromatic carbocycles. The SMILES string of the molecule is COC(=O)c1[c-]ccc(N=Nc2ccc(OC)c(C(=O)OC)c2)c1.[Y].[Y].[Y]. The van der Waals surface area contributed by atoms with Gasteiger partial charge in [-0.25, -0.2) is 4.79 Å². The Morgan fingerprint density at radius 3 is 2.00 bits per heavy atom. The Bertz CT molecular complexity index is 800. The van der Waals surface area contributed by atoms with Crippen molar-refractivity contribution >= 4 is 23.3 Å². The van der Waals surface area contributed by atoms with E-state index in [4.69, 9.17) is 9.47 Å². The van der Waals surface area contributed by atoms with Crippen LogP contribution < -0.4 is 4.74 Å². The Labute approximate surface area is 233 Å². The van der Waals surface area contributed by atoms with Crippen LogP contribution in [0.3, 0.4) is 0 Å². The fourth-order valence-electron chi connectivity index (χ4n) is 1.89. The molecule has 0 unspecified atom stereocenters. The fourth-order valence-corrected chi connectivity index (χ4v) is 1.89. The van der Waals surface area contributed by atoms with Crippen LogP contribution in [-0.4, -0.2) is 33.3 Å². The van der Waals surface area contributed by atoms with E-state index in [2.05, 4.69) is 21.0 Å². The van der Waals surface area contributed by atoms with Gasteiger partial charge >= 0.3 is 5.97 Å². The molecule has 27 heavy (non-hydrogen) atoms. The molecule has 0 aliphatic rings. The molecule has 0 saturated carbocycles. The normalized spacial score (nSPS) is 9.30. The maximum Gasteiger partial charge on any atom is 0.341 e. The Kier molecular flexibility index (Phi) is 16.3. The first-order valence-electron chi connectivity index (χ1n) is 6.87. The standard InChI is InChI=1S/C17H15N2O5.3Y/c1-22-15-8-7-13(10-14(15)17(21)24-3)19-18-12-6-4-5-11(9-12)16(20)23-2;;;/h4,6-10H,1-3H3;;;/q-1;;;. The molecule has 0 saturated heterocycles. The maximum atomic E-state index is 11.7. The summed E-state index contributed by atoms with van der Waals surface area (Å²) < 4.78 is 14.4. The zero-order valence-corrected chi connectivity index (χ0v) is 23.6. The summed E-state index contributed by atoms with van der Waals surface area (Å²) in [7, 11) is 4.03. The quantitative estimate of drug-likeness (QED) is 0.301. The first kappa shape index (κ1) is 29.3. The van der Waals surface area contributed by atoms with Gasteiger partial charge in [0, 0.05) is 104 Å². The summed E-state index contributed by atoms with van der Waals surface area (Å²) in [6.07, 6.45) is 0. The molecular weight excluding hydrogens is 579 g/mol. The third-order valence-corrected chi connectivity index (χ3v) is 3.06. The second-order valence-electron chi connectivity index (χ2n) is 4.53. The largest absolute Gasteiger partial charge is 0.509 e. The van der Waals surface area contributed by atoms with Gasteiger partial charge in [0.25, 0.3) is 0 Å². The second-order valence-corrected chi connectivity index (χ2v) is 4.53. The van der Waals surface area contributed by atoms with Gasteiger partial charge in [-0.15, -0.1) is 24.3 Å². The van der Waals surface area contributed by atoms with E-state index in [-0.39, 0.29) is 109 Å². The first-order valence-corrected chi connectivity index (χ1v) is 6.87. The topological polar surface area (TPSA) is 86.5 Å². The number of ether oxygens (including phenoxy) is 3. The van der Waals surface area contributed by atoms with Crippen LogP contribution in [0.2, 0.25) is 0 Å². The van der Waals surface area contributed by atoms with Gasteiger partial charge in [-0.3, -0.25) is 0 Å². The third-order valence-electron chi connectivity index (χ3n) is 3.06. The monoisotopic (exact) mass is 594 g/mol. The van der Waals surface area contributed by atoms with Crippen molar-refractivity contribution in [3.63, 3.8) is 0 Å². The van der Waals surface area contributed by atoms with E-state index >= 15 is 0 Å². The number of hydrogen-bond acceptors (Lipinski definition) is 7. The van der Waals surface area contributed by atoms with Crippen molar-refractivity contribution in [2.45, 2.75) is 0 Å². The number of azo groups is 1. The van der Waals surface area contributed by atoms with E-state index < -0.39 is 11.9 Å². The average Bonchev–Trinajstić information content (AvgIpc) is 2.65. The number of benzene rings is 2. The van der Waals surface area contributed by atoms with E-state index in [1.807, 2.05) is 0 Å². The van der Waals surface area contributed by atoms with Gasteiger partial charge < -0.3 is 19.0 Å². The third kappa shape index (κ3) is 8.55. The molecule has 133 valence electrons. The Balaban J connectivity index is 0. The van der Waals surface area contributed by atoms with Crippen molar-refractivity contribution in [3.05, 3.63) is 53.6 Å². The Hall–Kier alpha value is 0.0917. The molecule has 0 aliphatic heterocycles. The predicted octanol–water partition coefficient (Wildman–Crippen LogP) is 3.48. The number of carbonyl (C=O) groups excluding carboxylic acids is 2. The van der Waals surface area contributed by atoms with Crippen molar-refractivity contribution in [1.82, 2.24) is 0 Å². The molecule has 0 N–H and O–H groups in total. The van der Waals surface area contributed by atoms with Gasteiger partial charge in [0.2, 0.25) is 5.97 Å². The Morgan fingerprint density at radius 1 is 0.852 bits per heavy atom. The van der Waals surface area contributed by atoms with Crippen LogP contribution in [0.15, 0.2) is 46.6 Å². The zero-order chi connectivity index (χ0) is 17.5. The van der Waals surface area contributed by atoms with Crippen LogP contribution in [-0.2, 0) is 108 Å². The molecule has 0 atom stereocenters. The number of rotatable bonds is 5. The van der Waals surface area contributed by atoms with Crippen molar-refractivity contribution in [1.29, 1.82) is 0 Å². The van der Waals surface area contributed by atoms with Crippen molar-refractivity contribution < 1.29 is 122 Å². The molecule has 0 amide bonds. The number of esters is 2. The number of carbonyl (C=O) groups is 2. The van der Waals surface area contributed by atoms with E-state index in [1.165, 1.54) is 33.5 Å². The van der Waals surface area contributed by atoms with Gasteiger partial charge in [0.05, 0.1) is 27.0 Å². The molecule has 3 radical (unpaired) electrons. The number of hydrogen-bond donors (Lipinski definition) is 0. The van der Waals surface area contributed by atoms with Crippen LogP contribution in [0.1, 0.15) is 20.7 Å². The minimum atomic E-state index is -0.536. The number of nitrogens with zero attached hydrogens (tertiary/aromatic N) is 2. The van der Waals surface area contributed by atoms with Crippen LogP contribution in [0.5, 0.6) is 5.75 Å². The average molecular weight is 594 g/mol. The van der Waals surface area contributed by atoms with E-state index in [9.17, 15) is 9.59 Å². The van der Waals surface area contributed by atoms with Crippen LogP contribution in [0, 0.1) is 6.07 Å². The van der Waals surface area contributed by atoms with Gasteiger partial charge in [0.15, 0.2) is 0 Å². The van der Waals surface area contributed by atoms with Gasteiger partial charge in [-0.1, -0.05) is 5.56 Å². The molecular formula is C17H15N2O5Y3-. The van der Waals surface area contributed by atoms with Crippen molar-refractivity contribution in [2.75, 3.05) is 21.3 Å². The summed E-state index contributed by atoms with van der Waals surface area (Å²) in [4.78, 5) is 23.2. The van der Waals surface area contributed by atoms with Crippen LogP contribution in [0.4, 0.5) is 11.4 Å². The van der Waals surface area contributed by atoms with E-state index in [0.717, 1.165) is 0 Å². The van der Waals surface area contributed by atoms with E-state index in [0.29, 0.717) is 17.1 Å². The minimum Gasteiger partial charge on any atom is -0.509 e. The van der Waals surface area contributed by atoms with Gasteiger partial charge in [-0.05, 0) is 18.2 Å². The fraction of sp³-hybridized carbons (Fsp3) is 0.176. The molecule has 0 fully saturated rings. The molecule has 0 heterocycles. The van der Waals surface area contributed by atoms with Gasteiger partial charge in [0.1, 0.15) is 11.3 Å². The summed E-state index contributed by atoms with van der Waals surface area (Å²) in [5.41, 5.74) is 1.38. The molecule has 0 aromatic heterocycles. The van der Waals surface area contributed by atoms with Crippen molar-refractivity contribution in [3.8, 4) is 5.75 Å². The summed E-state index contributed by atoms with van der Waals surface area (Å²) >= 11 is 0. The molecule has 2 aromatic rings. The molecule has 0 bridgehead atoms. The minimum absolute atomic E-state index is 0. The molecule has 2 rings (SSSR count). The van der Waals surface area contributed by atoms with Crippen molar-refractivity contribution in [2.24, 2.45) is 10.2 Å². The molecule has 0 aliphatic carbocycles. The summed E-state index contributed by atoms with van der Waals surface area (Å²) in [5, 5.41) is 8.09. The first-order chi connectivity index (χ1) is 11.6. The summed E-state index contributed by atoms with van der Waals surface area (Å²) in [6, 6.07) is 12.2. The zero-order valence-electron chi connectivity index (χ0n) is 15.1. The predicted molar refractivity (Wildman–Crippen MR) is 85.1 cm³/mol. The maximum absolute atomic E-state index is 11.7. The summed E-state index contributed by atoms with van der Waals surface area (Å²) in [5.74, 6) is -0.668. The molecule has 0 spiro atoms. The van der Waals surface area contributed by atoms with Crippen LogP contribution >= 0.6 is 0 Å². The summed E-state index contributed by atoms with van der Waals surface area (Å²) in [6.45, 7) is 0. The van der Waals surface area contributed by atoms with Crippen LogP contribution in [0.25, 0.3) is 0 Å².